The molecule has 1 aromatic carbocycles. The van der Waals surface area contributed by atoms with Crippen molar-refractivity contribution >= 4 is 11.8 Å². The molecule has 22 heavy (non-hydrogen) atoms. The molecule has 1 aliphatic rings. The van der Waals surface area contributed by atoms with Gasteiger partial charge in [0.15, 0.2) is 0 Å². The lowest BCUT2D eigenvalue weighted by Gasteiger charge is -2.31. The van der Waals surface area contributed by atoms with Gasteiger partial charge in [0.25, 0.3) is 5.91 Å². The number of likely N-dealkylation sites (tertiary alicyclic amines) is 1. The number of amides is 2. The molecule has 0 radical (unpaired) electrons. The highest BCUT2D eigenvalue weighted by Gasteiger charge is 2.28. The molecule has 0 aromatic heterocycles. The third kappa shape index (κ3) is 4.06. The Morgan fingerprint density at radius 2 is 1.95 bits per heavy atom. The fourth-order valence-corrected chi connectivity index (χ4v) is 2.68. The van der Waals surface area contributed by atoms with Crippen LogP contribution in [0.3, 0.4) is 0 Å². The average molecular weight is 306 g/mol. The van der Waals surface area contributed by atoms with Crippen LogP contribution in [0.5, 0.6) is 0 Å². The summed E-state index contributed by atoms with van der Waals surface area (Å²) < 4.78 is 13.7. The predicted molar refractivity (Wildman–Crippen MR) is 82.9 cm³/mol. The van der Waals surface area contributed by atoms with Gasteiger partial charge in [-0.3, -0.25) is 9.59 Å². The zero-order valence-corrected chi connectivity index (χ0v) is 13.0. The van der Waals surface area contributed by atoms with Crippen LogP contribution in [0.2, 0.25) is 0 Å². The van der Waals surface area contributed by atoms with Gasteiger partial charge in [0.05, 0.1) is 5.56 Å². The van der Waals surface area contributed by atoms with E-state index >= 15 is 0 Å². The molecule has 1 fully saturated rings. The number of benzene rings is 1. The minimum Gasteiger partial charge on any atom is -0.356 e. The van der Waals surface area contributed by atoms with E-state index in [1.165, 1.54) is 12.1 Å². The number of nitrogens with one attached hydrogen (secondary N) is 1. The lowest BCUT2D eigenvalue weighted by atomic mass is 9.95. The van der Waals surface area contributed by atoms with Crippen LogP contribution in [-0.2, 0) is 4.79 Å². The summed E-state index contributed by atoms with van der Waals surface area (Å²) in [7, 11) is 0. The normalized spacial score (nSPS) is 15.6. The molecule has 5 heteroatoms. The first-order valence-corrected chi connectivity index (χ1v) is 7.95. The van der Waals surface area contributed by atoms with E-state index in [0.29, 0.717) is 32.5 Å². The van der Waals surface area contributed by atoms with Gasteiger partial charge in [0, 0.05) is 25.6 Å². The third-order valence-electron chi connectivity index (χ3n) is 4.09. The molecule has 0 aliphatic carbocycles. The number of nitrogens with zero attached hydrogens (tertiary/aromatic N) is 1. The number of piperidine rings is 1. The summed E-state index contributed by atoms with van der Waals surface area (Å²) in [5, 5.41) is 2.94. The Kier molecular flexibility index (Phi) is 5.92. The Labute approximate surface area is 130 Å². The van der Waals surface area contributed by atoms with Crippen molar-refractivity contribution in [3.05, 3.63) is 35.6 Å². The zero-order valence-electron chi connectivity index (χ0n) is 13.0. The van der Waals surface area contributed by atoms with E-state index in [1.807, 2.05) is 0 Å². The highest BCUT2D eigenvalue weighted by molar-refractivity contribution is 5.94. The number of hydrogen-bond donors (Lipinski definition) is 1. The van der Waals surface area contributed by atoms with Crippen molar-refractivity contribution in [1.82, 2.24) is 10.2 Å². The highest BCUT2D eigenvalue weighted by atomic mass is 19.1. The number of carbonyl (C=O) groups excluding carboxylic acids is 2. The number of hydrogen-bond acceptors (Lipinski definition) is 2. The van der Waals surface area contributed by atoms with Crippen molar-refractivity contribution in [2.45, 2.75) is 32.6 Å². The quantitative estimate of drug-likeness (QED) is 0.850. The maximum absolute atomic E-state index is 13.7. The molecule has 1 saturated heterocycles. The molecular formula is C17H23FN2O2. The Morgan fingerprint density at radius 3 is 2.59 bits per heavy atom. The molecule has 1 aliphatic heterocycles. The second-order valence-electron chi connectivity index (χ2n) is 5.69. The molecule has 0 saturated carbocycles. The van der Waals surface area contributed by atoms with Crippen LogP contribution in [0.4, 0.5) is 4.39 Å². The summed E-state index contributed by atoms with van der Waals surface area (Å²) in [6, 6.07) is 6.02. The molecule has 120 valence electrons. The summed E-state index contributed by atoms with van der Waals surface area (Å²) in [4.78, 5) is 25.9. The summed E-state index contributed by atoms with van der Waals surface area (Å²) >= 11 is 0. The van der Waals surface area contributed by atoms with Crippen LogP contribution in [0.15, 0.2) is 24.3 Å². The second kappa shape index (κ2) is 7.92. The molecule has 1 aromatic rings. The smallest absolute Gasteiger partial charge is 0.256 e. The lowest BCUT2D eigenvalue weighted by molar-refractivity contribution is -0.126. The van der Waals surface area contributed by atoms with E-state index in [2.05, 4.69) is 12.2 Å². The molecule has 0 spiro atoms. The maximum Gasteiger partial charge on any atom is 0.256 e. The van der Waals surface area contributed by atoms with E-state index in [1.54, 1.807) is 17.0 Å². The Balaban J connectivity index is 1.85. The zero-order chi connectivity index (χ0) is 15.9. The third-order valence-corrected chi connectivity index (χ3v) is 4.09. The first kappa shape index (κ1) is 16.5. The maximum atomic E-state index is 13.7. The summed E-state index contributed by atoms with van der Waals surface area (Å²) in [6.07, 6.45) is 3.31. The minimum absolute atomic E-state index is 0.0403. The van der Waals surface area contributed by atoms with Gasteiger partial charge < -0.3 is 10.2 Å². The van der Waals surface area contributed by atoms with Crippen molar-refractivity contribution < 1.29 is 14.0 Å². The molecular weight excluding hydrogens is 283 g/mol. The van der Waals surface area contributed by atoms with Crippen LogP contribution < -0.4 is 5.32 Å². The van der Waals surface area contributed by atoms with Crippen molar-refractivity contribution in [1.29, 1.82) is 0 Å². The van der Waals surface area contributed by atoms with Gasteiger partial charge in [-0.1, -0.05) is 25.5 Å². The molecule has 2 rings (SSSR count). The Bertz CT molecular complexity index is 525. The monoisotopic (exact) mass is 306 g/mol. The molecule has 1 heterocycles. The molecule has 2 amide bonds. The molecule has 0 unspecified atom stereocenters. The summed E-state index contributed by atoms with van der Waals surface area (Å²) in [5.41, 5.74) is 0.105. The van der Waals surface area contributed by atoms with Gasteiger partial charge >= 0.3 is 0 Å². The van der Waals surface area contributed by atoms with E-state index in [9.17, 15) is 14.0 Å². The lowest BCUT2D eigenvalue weighted by Crippen LogP contribution is -2.43. The summed E-state index contributed by atoms with van der Waals surface area (Å²) in [5.74, 6) is -0.747. The molecule has 1 N–H and O–H groups in total. The van der Waals surface area contributed by atoms with Gasteiger partial charge in [-0.05, 0) is 31.4 Å². The first-order valence-electron chi connectivity index (χ1n) is 7.95. The van der Waals surface area contributed by atoms with E-state index < -0.39 is 5.82 Å². The Morgan fingerprint density at radius 1 is 1.27 bits per heavy atom. The Hall–Kier alpha value is -1.91. The number of unbranched alkanes of at least 4 members (excludes halogenated alkanes) is 1. The van der Waals surface area contributed by atoms with Crippen molar-refractivity contribution in [2.24, 2.45) is 5.92 Å². The van der Waals surface area contributed by atoms with Crippen molar-refractivity contribution in [3.8, 4) is 0 Å². The fraction of sp³-hybridized carbons (Fsp3) is 0.529. The van der Waals surface area contributed by atoms with Gasteiger partial charge in [0.1, 0.15) is 5.82 Å². The topological polar surface area (TPSA) is 49.4 Å². The van der Waals surface area contributed by atoms with Crippen LogP contribution in [0, 0.1) is 11.7 Å². The molecule has 0 bridgehead atoms. The minimum atomic E-state index is -0.494. The number of carbonyl (C=O) groups is 2. The summed E-state index contributed by atoms with van der Waals surface area (Å²) in [6.45, 7) is 3.79. The second-order valence-corrected chi connectivity index (χ2v) is 5.69. The molecule has 4 nitrogen and oxygen atoms in total. The van der Waals surface area contributed by atoms with Crippen LogP contribution in [0.1, 0.15) is 43.0 Å². The van der Waals surface area contributed by atoms with Crippen LogP contribution in [-0.4, -0.2) is 36.3 Å². The van der Waals surface area contributed by atoms with E-state index in [0.717, 1.165) is 12.8 Å². The standard InChI is InChI=1S/C17H23FN2O2/c1-2-3-10-19-16(21)13-8-11-20(12-9-13)17(22)14-6-4-5-7-15(14)18/h4-7,13H,2-3,8-12H2,1H3,(H,19,21). The van der Waals surface area contributed by atoms with Crippen molar-refractivity contribution in [3.63, 3.8) is 0 Å². The average Bonchev–Trinajstić information content (AvgIpc) is 2.55. The first-order chi connectivity index (χ1) is 10.6. The van der Waals surface area contributed by atoms with E-state index in [4.69, 9.17) is 0 Å². The van der Waals surface area contributed by atoms with Crippen LogP contribution >= 0.6 is 0 Å². The highest BCUT2D eigenvalue weighted by Crippen LogP contribution is 2.20. The predicted octanol–water partition coefficient (Wildman–Crippen LogP) is 2.59. The fourth-order valence-electron chi connectivity index (χ4n) is 2.68. The molecule has 0 atom stereocenters. The largest absolute Gasteiger partial charge is 0.356 e. The van der Waals surface area contributed by atoms with Crippen molar-refractivity contribution in [2.75, 3.05) is 19.6 Å². The van der Waals surface area contributed by atoms with Gasteiger partial charge in [-0.2, -0.15) is 0 Å². The number of rotatable bonds is 5. The van der Waals surface area contributed by atoms with Crippen LogP contribution in [0.25, 0.3) is 0 Å². The van der Waals surface area contributed by atoms with E-state index in [-0.39, 0.29) is 23.3 Å². The van der Waals surface area contributed by atoms with Gasteiger partial charge in [-0.25, -0.2) is 4.39 Å². The SMILES string of the molecule is CCCCNC(=O)C1CCN(C(=O)c2ccccc2F)CC1. The van der Waals surface area contributed by atoms with Gasteiger partial charge in [-0.15, -0.1) is 0 Å². The van der Waals surface area contributed by atoms with Gasteiger partial charge in [0.2, 0.25) is 5.91 Å². The number of halogens is 1.